The number of halogens is 1. The number of rotatable bonds is 4. The minimum atomic E-state index is -0.232. The Morgan fingerprint density at radius 1 is 1.16 bits per heavy atom. The van der Waals surface area contributed by atoms with Crippen LogP contribution in [-0.2, 0) is 0 Å². The highest BCUT2D eigenvalue weighted by Gasteiger charge is 2.42. The summed E-state index contributed by atoms with van der Waals surface area (Å²) in [6.45, 7) is 3.21. The molecule has 5 heterocycles. The molecule has 0 saturated carbocycles. The highest BCUT2D eigenvalue weighted by molar-refractivity contribution is 5.67. The maximum Gasteiger partial charge on any atom is 0.227 e. The van der Waals surface area contributed by atoms with Crippen molar-refractivity contribution < 1.29 is 9.13 Å². The molecule has 164 valence electrons. The Labute approximate surface area is 185 Å². The number of hydrogen-bond acceptors (Lipinski definition) is 8. The van der Waals surface area contributed by atoms with Crippen molar-refractivity contribution >= 4 is 23.1 Å². The number of nitrogens with zero attached hydrogens (tertiary/aromatic N) is 5. The van der Waals surface area contributed by atoms with Gasteiger partial charge < -0.3 is 20.3 Å². The molecule has 0 radical (unpaired) electrons. The van der Waals surface area contributed by atoms with Crippen LogP contribution >= 0.6 is 0 Å². The number of aromatic nitrogens is 3. The molecule has 2 unspecified atom stereocenters. The number of piperazine rings is 1. The van der Waals surface area contributed by atoms with Gasteiger partial charge in [-0.3, -0.25) is 4.90 Å². The molecular weight excluding hydrogens is 409 g/mol. The molecule has 2 bridgehead atoms. The Morgan fingerprint density at radius 2 is 2.09 bits per heavy atom. The molecule has 3 aromatic rings. The van der Waals surface area contributed by atoms with Crippen LogP contribution in [0.4, 0.5) is 27.5 Å². The predicted molar refractivity (Wildman–Crippen MR) is 121 cm³/mol. The van der Waals surface area contributed by atoms with Gasteiger partial charge in [-0.05, 0) is 43.8 Å². The fourth-order valence-electron chi connectivity index (χ4n) is 4.85. The maximum atomic E-state index is 15.0. The third-order valence-electron chi connectivity index (χ3n) is 6.48. The summed E-state index contributed by atoms with van der Waals surface area (Å²) in [4.78, 5) is 17.8. The van der Waals surface area contributed by atoms with Gasteiger partial charge in [0, 0.05) is 48.8 Å². The van der Waals surface area contributed by atoms with Crippen LogP contribution in [0, 0.1) is 5.82 Å². The van der Waals surface area contributed by atoms with E-state index in [-0.39, 0.29) is 5.82 Å². The Bertz CT molecular complexity index is 1170. The lowest BCUT2D eigenvalue weighted by atomic mass is 10.2. The summed E-state index contributed by atoms with van der Waals surface area (Å²) in [7, 11) is 2.14. The highest BCUT2D eigenvalue weighted by atomic mass is 19.1. The van der Waals surface area contributed by atoms with E-state index in [0.29, 0.717) is 47.5 Å². The smallest absolute Gasteiger partial charge is 0.227 e. The Hall–Kier alpha value is -3.46. The van der Waals surface area contributed by atoms with Crippen LogP contribution in [0.25, 0.3) is 11.3 Å². The first kappa shape index (κ1) is 19.2. The maximum absolute atomic E-state index is 15.0. The fourth-order valence-corrected chi connectivity index (χ4v) is 4.85. The van der Waals surface area contributed by atoms with Crippen LogP contribution in [0.5, 0.6) is 5.75 Å². The monoisotopic (exact) mass is 433 g/mol. The first-order valence-corrected chi connectivity index (χ1v) is 10.9. The highest BCUT2D eigenvalue weighted by Crippen LogP contribution is 2.36. The van der Waals surface area contributed by atoms with Crippen molar-refractivity contribution in [2.24, 2.45) is 0 Å². The molecular formula is C23H24FN7O. The molecule has 9 heteroatoms. The van der Waals surface area contributed by atoms with Gasteiger partial charge in [-0.25, -0.2) is 19.3 Å². The van der Waals surface area contributed by atoms with Gasteiger partial charge in [0.1, 0.15) is 12.4 Å². The van der Waals surface area contributed by atoms with Crippen molar-refractivity contribution in [3.63, 3.8) is 0 Å². The Morgan fingerprint density at radius 3 is 2.91 bits per heavy atom. The summed E-state index contributed by atoms with van der Waals surface area (Å²) in [5, 5.41) is 6.33. The molecule has 0 aliphatic carbocycles. The largest absolute Gasteiger partial charge is 0.488 e. The first-order chi connectivity index (χ1) is 15.6. The zero-order valence-electron chi connectivity index (χ0n) is 17.8. The number of hydrogen-bond donors (Lipinski definition) is 2. The second-order valence-electron chi connectivity index (χ2n) is 8.54. The van der Waals surface area contributed by atoms with Crippen molar-refractivity contribution in [2.75, 3.05) is 48.8 Å². The van der Waals surface area contributed by atoms with E-state index in [1.54, 1.807) is 12.4 Å². The Balaban J connectivity index is 1.21. The standard InChI is InChI=1S/C23H24FN7O/c1-30-12-17-10-16(30)13-31(17)20-3-2-15(9-18(20)24)28-23-26-5-4-19(29-23)14-8-21-22(27-11-14)25-6-7-32-21/h2-5,8-9,11,16-17H,6-7,10,12-13H2,1H3,(H,25,27)(H,26,28,29). The molecule has 3 aliphatic heterocycles. The lowest BCUT2D eigenvalue weighted by Crippen LogP contribution is -2.44. The summed E-state index contributed by atoms with van der Waals surface area (Å²) in [5.74, 6) is 1.61. The third-order valence-corrected chi connectivity index (χ3v) is 6.48. The summed E-state index contributed by atoms with van der Waals surface area (Å²) >= 11 is 0. The van der Waals surface area contributed by atoms with Crippen LogP contribution < -0.4 is 20.3 Å². The molecule has 3 aliphatic rings. The first-order valence-electron chi connectivity index (χ1n) is 10.9. The molecule has 2 saturated heterocycles. The van der Waals surface area contributed by atoms with Crippen molar-refractivity contribution in [3.05, 3.63) is 48.5 Å². The van der Waals surface area contributed by atoms with E-state index in [2.05, 4.69) is 42.4 Å². The zero-order chi connectivity index (χ0) is 21.7. The van der Waals surface area contributed by atoms with Crippen molar-refractivity contribution in [1.29, 1.82) is 0 Å². The minimum Gasteiger partial charge on any atom is -0.488 e. The van der Waals surface area contributed by atoms with E-state index in [1.807, 2.05) is 24.3 Å². The summed E-state index contributed by atoms with van der Waals surface area (Å²) in [5.41, 5.74) is 2.82. The van der Waals surface area contributed by atoms with E-state index < -0.39 is 0 Å². The second kappa shape index (κ2) is 7.59. The quantitative estimate of drug-likeness (QED) is 0.650. The predicted octanol–water partition coefficient (Wildman–Crippen LogP) is 3.12. The molecule has 2 atom stereocenters. The summed E-state index contributed by atoms with van der Waals surface area (Å²) < 4.78 is 20.6. The van der Waals surface area contributed by atoms with Crippen LogP contribution in [-0.4, -0.2) is 65.2 Å². The fraction of sp³-hybridized carbons (Fsp3) is 0.348. The number of ether oxygens (including phenoxy) is 1. The van der Waals surface area contributed by atoms with E-state index in [4.69, 9.17) is 4.74 Å². The van der Waals surface area contributed by atoms with Crippen LogP contribution in [0.1, 0.15) is 6.42 Å². The number of pyridine rings is 1. The van der Waals surface area contributed by atoms with Gasteiger partial charge in [-0.2, -0.15) is 0 Å². The molecule has 2 N–H and O–H groups in total. The van der Waals surface area contributed by atoms with Crippen LogP contribution in [0.2, 0.25) is 0 Å². The van der Waals surface area contributed by atoms with Gasteiger partial charge in [0.15, 0.2) is 11.6 Å². The zero-order valence-corrected chi connectivity index (χ0v) is 17.8. The SMILES string of the molecule is CN1CC2CC1CN2c1ccc(Nc2nccc(-c3cnc4c(c3)OCCN4)n2)cc1F. The van der Waals surface area contributed by atoms with Gasteiger partial charge in [0.25, 0.3) is 0 Å². The van der Waals surface area contributed by atoms with Gasteiger partial charge in [0.2, 0.25) is 5.95 Å². The number of likely N-dealkylation sites (N-methyl/N-ethyl adjacent to an activating group) is 1. The third kappa shape index (κ3) is 3.38. The normalized spacial score (nSPS) is 21.8. The molecule has 0 spiro atoms. The average molecular weight is 433 g/mol. The topological polar surface area (TPSA) is 78.4 Å². The number of likely N-dealkylation sites (tertiary alicyclic amines) is 1. The number of anilines is 4. The Kier molecular flexibility index (Phi) is 4.57. The van der Waals surface area contributed by atoms with E-state index in [1.165, 1.54) is 6.07 Å². The van der Waals surface area contributed by atoms with Gasteiger partial charge in [-0.15, -0.1) is 0 Å². The molecule has 8 nitrogen and oxygen atoms in total. The molecule has 1 aromatic carbocycles. The number of nitrogens with one attached hydrogen (secondary N) is 2. The number of fused-ring (bicyclic) bond motifs is 3. The minimum absolute atomic E-state index is 0.232. The van der Waals surface area contributed by atoms with Gasteiger partial charge in [-0.1, -0.05) is 0 Å². The molecule has 6 rings (SSSR count). The molecule has 2 aromatic heterocycles. The number of benzene rings is 1. The van der Waals surface area contributed by atoms with E-state index in [9.17, 15) is 4.39 Å². The summed E-state index contributed by atoms with van der Waals surface area (Å²) in [6.07, 6.45) is 4.53. The van der Waals surface area contributed by atoms with Gasteiger partial charge in [0.05, 0.1) is 17.9 Å². The van der Waals surface area contributed by atoms with Crippen molar-refractivity contribution in [1.82, 2.24) is 19.9 Å². The van der Waals surface area contributed by atoms with Crippen molar-refractivity contribution in [3.8, 4) is 17.0 Å². The lowest BCUT2D eigenvalue weighted by Gasteiger charge is -2.33. The van der Waals surface area contributed by atoms with Crippen LogP contribution in [0.15, 0.2) is 42.7 Å². The molecule has 2 fully saturated rings. The molecule has 32 heavy (non-hydrogen) atoms. The average Bonchev–Trinajstić information content (AvgIpc) is 3.39. The van der Waals surface area contributed by atoms with Gasteiger partial charge >= 0.3 is 0 Å². The van der Waals surface area contributed by atoms with Crippen molar-refractivity contribution in [2.45, 2.75) is 18.5 Å². The van der Waals surface area contributed by atoms with Crippen LogP contribution in [0.3, 0.4) is 0 Å². The molecule has 0 amide bonds. The lowest BCUT2D eigenvalue weighted by molar-refractivity contribution is 0.292. The second-order valence-corrected chi connectivity index (χ2v) is 8.54. The summed E-state index contributed by atoms with van der Waals surface area (Å²) in [6, 6.07) is 9.88. The van der Waals surface area contributed by atoms with E-state index >= 15 is 0 Å². The van der Waals surface area contributed by atoms with E-state index in [0.717, 1.165) is 37.4 Å².